The molecule has 8 heteroatoms. The minimum atomic E-state index is -0.537. The summed E-state index contributed by atoms with van der Waals surface area (Å²) in [5.41, 5.74) is 1.12. The SMILES string of the molecule is COc1ccc(C2NC=CN2C(=O)Nc2ccc(OC)c(OC)c2)cc1F. The molecular weight excluding hydrogens is 353 g/mol. The van der Waals surface area contributed by atoms with Gasteiger partial charge in [-0.25, -0.2) is 9.18 Å². The number of nitrogens with zero attached hydrogens (tertiary/aromatic N) is 1. The molecule has 0 aromatic heterocycles. The number of urea groups is 1. The molecule has 3 rings (SSSR count). The number of nitrogens with one attached hydrogen (secondary N) is 2. The lowest BCUT2D eigenvalue weighted by atomic mass is 10.1. The highest BCUT2D eigenvalue weighted by Gasteiger charge is 2.27. The Labute approximate surface area is 156 Å². The summed E-state index contributed by atoms with van der Waals surface area (Å²) >= 11 is 0. The van der Waals surface area contributed by atoms with E-state index in [1.165, 1.54) is 38.4 Å². The maximum atomic E-state index is 14.0. The van der Waals surface area contributed by atoms with Crippen LogP contribution in [0.3, 0.4) is 0 Å². The second kappa shape index (κ2) is 7.86. The third kappa shape index (κ3) is 3.74. The lowest BCUT2D eigenvalue weighted by molar-refractivity contribution is 0.214. The molecule has 27 heavy (non-hydrogen) atoms. The largest absolute Gasteiger partial charge is 0.494 e. The summed E-state index contributed by atoms with van der Waals surface area (Å²) in [7, 11) is 4.45. The molecule has 0 spiro atoms. The van der Waals surface area contributed by atoms with Crippen LogP contribution in [0.4, 0.5) is 14.9 Å². The van der Waals surface area contributed by atoms with E-state index in [-0.39, 0.29) is 11.8 Å². The van der Waals surface area contributed by atoms with E-state index >= 15 is 0 Å². The third-order valence-electron chi connectivity index (χ3n) is 4.13. The van der Waals surface area contributed by atoms with Gasteiger partial charge in [-0.15, -0.1) is 0 Å². The molecule has 1 unspecified atom stereocenters. The molecule has 1 aliphatic heterocycles. The summed E-state index contributed by atoms with van der Waals surface area (Å²) in [5, 5.41) is 5.82. The van der Waals surface area contributed by atoms with Gasteiger partial charge in [0, 0.05) is 24.2 Å². The molecule has 1 atom stereocenters. The predicted octanol–water partition coefficient (Wildman–Crippen LogP) is 3.46. The summed E-state index contributed by atoms with van der Waals surface area (Å²) in [6, 6.07) is 9.23. The van der Waals surface area contributed by atoms with Crippen LogP contribution < -0.4 is 24.8 Å². The highest BCUT2D eigenvalue weighted by Crippen LogP contribution is 2.31. The van der Waals surface area contributed by atoms with Gasteiger partial charge in [-0.1, -0.05) is 6.07 Å². The van der Waals surface area contributed by atoms with Gasteiger partial charge in [0.25, 0.3) is 0 Å². The minimum Gasteiger partial charge on any atom is -0.494 e. The molecule has 0 fully saturated rings. The van der Waals surface area contributed by atoms with Gasteiger partial charge in [-0.3, -0.25) is 4.90 Å². The lowest BCUT2D eigenvalue weighted by Crippen LogP contribution is -2.35. The van der Waals surface area contributed by atoms with Crippen molar-refractivity contribution in [1.29, 1.82) is 0 Å². The minimum absolute atomic E-state index is 0.144. The fourth-order valence-electron chi connectivity index (χ4n) is 2.78. The van der Waals surface area contributed by atoms with Gasteiger partial charge in [-0.05, 0) is 29.8 Å². The third-order valence-corrected chi connectivity index (χ3v) is 4.13. The molecular formula is C19H20FN3O4. The quantitative estimate of drug-likeness (QED) is 0.840. The molecule has 2 aromatic rings. The number of hydrogen-bond acceptors (Lipinski definition) is 5. The zero-order valence-corrected chi connectivity index (χ0v) is 15.2. The van der Waals surface area contributed by atoms with Crippen molar-refractivity contribution in [3.05, 3.63) is 60.2 Å². The summed E-state index contributed by atoms with van der Waals surface area (Å²) in [6.45, 7) is 0. The molecule has 1 aliphatic rings. The van der Waals surface area contributed by atoms with Crippen molar-refractivity contribution >= 4 is 11.7 Å². The van der Waals surface area contributed by atoms with E-state index in [2.05, 4.69) is 10.6 Å². The molecule has 2 N–H and O–H groups in total. The lowest BCUT2D eigenvalue weighted by Gasteiger charge is -2.25. The Morgan fingerprint density at radius 3 is 2.41 bits per heavy atom. The molecule has 142 valence electrons. The number of anilines is 1. The fraction of sp³-hybridized carbons (Fsp3) is 0.211. The molecule has 2 amide bonds. The number of benzene rings is 2. The molecule has 0 bridgehead atoms. The monoisotopic (exact) mass is 373 g/mol. The van der Waals surface area contributed by atoms with Crippen LogP contribution in [0.1, 0.15) is 11.7 Å². The molecule has 0 radical (unpaired) electrons. The van der Waals surface area contributed by atoms with Crippen LogP contribution in [0.25, 0.3) is 0 Å². The van der Waals surface area contributed by atoms with Crippen molar-refractivity contribution < 1.29 is 23.4 Å². The Morgan fingerprint density at radius 1 is 1.04 bits per heavy atom. The first-order valence-corrected chi connectivity index (χ1v) is 8.15. The van der Waals surface area contributed by atoms with Crippen molar-refractivity contribution in [2.75, 3.05) is 26.6 Å². The fourth-order valence-corrected chi connectivity index (χ4v) is 2.78. The summed E-state index contributed by atoms with van der Waals surface area (Å²) in [4.78, 5) is 14.1. The maximum Gasteiger partial charge on any atom is 0.327 e. The zero-order valence-electron chi connectivity index (χ0n) is 15.2. The summed E-state index contributed by atoms with van der Waals surface area (Å²) in [6.07, 6.45) is 2.68. The van der Waals surface area contributed by atoms with Gasteiger partial charge in [-0.2, -0.15) is 0 Å². The molecule has 0 aliphatic carbocycles. The number of hydrogen-bond donors (Lipinski definition) is 2. The van der Waals surface area contributed by atoms with E-state index in [0.717, 1.165) is 0 Å². The average molecular weight is 373 g/mol. The Morgan fingerprint density at radius 2 is 1.74 bits per heavy atom. The van der Waals surface area contributed by atoms with E-state index in [0.29, 0.717) is 22.7 Å². The van der Waals surface area contributed by atoms with Crippen molar-refractivity contribution in [3.8, 4) is 17.2 Å². The second-order valence-electron chi connectivity index (χ2n) is 5.69. The van der Waals surface area contributed by atoms with Crippen LogP contribution in [0, 0.1) is 5.82 Å². The van der Waals surface area contributed by atoms with Crippen molar-refractivity contribution in [2.45, 2.75) is 6.17 Å². The van der Waals surface area contributed by atoms with Gasteiger partial charge in [0.15, 0.2) is 23.1 Å². The number of carbonyl (C=O) groups excluding carboxylic acids is 1. The molecule has 2 aromatic carbocycles. The maximum absolute atomic E-state index is 14.0. The molecule has 7 nitrogen and oxygen atoms in total. The number of amides is 2. The van der Waals surface area contributed by atoms with Gasteiger partial charge < -0.3 is 24.8 Å². The summed E-state index contributed by atoms with van der Waals surface area (Å²) < 4.78 is 29.4. The van der Waals surface area contributed by atoms with E-state index in [4.69, 9.17) is 14.2 Å². The first-order chi connectivity index (χ1) is 13.1. The molecule has 1 heterocycles. The Hall–Kier alpha value is -3.42. The summed E-state index contributed by atoms with van der Waals surface area (Å²) in [5.74, 6) is 0.707. The van der Waals surface area contributed by atoms with Crippen LogP contribution in [0.2, 0.25) is 0 Å². The van der Waals surface area contributed by atoms with Gasteiger partial charge in [0.05, 0.1) is 21.3 Å². The van der Waals surface area contributed by atoms with E-state index in [1.54, 1.807) is 36.7 Å². The van der Waals surface area contributed by atoms with Crippen LogP contribution in [-0.2, 0) is 0 Å². The number of methoxy groups -OCH3 is 3. The predicted molar refractivity (Wildman–Crippen MR) is 98.4 cm³/mol. The van der Waals surface area contributed by atoms with Crippen LogP contribution in [0.15, 0.2) is 48.8 Å². The number of halogens is 1. The standard InChI is InChI=1S/C19H20FN3O4/c1-25-15-6-4-12(10-14(15)20)18-21-8-9-23(18)19(24)22-13-5-7-16(26-2)17(11-13)27-3/h4-11,18,21H,1-3H3,(H,22,24). The molecule has 0 saturated heterocycles. The van der Waals surface area contributed by atoms with Crippen LogP contribution in [0.5, 0.6) is 17.2 Å². The highest BCUT2D eigenvalue weighted by atomic mass is 19.1. The van der Waals surface area contributed by atoms with E-state index in [1.807, 2.05) is 0 Å². The number of ether oxygens (including phenoxy) is 3. The first kappa shape index (κ1) is 18.4. The van der Waals surface area contributed by atoms with Gasteiger partial charge in [0.1, 0.15) is 6.17 Å². The Bertz CT molecular complexity index is 872. The number of rotatable bonds is 5. The zero-order chi connectivity index (χ0) is 19.4. The smallest absolute Gasteiger partial charge is 0.327 e. The van der Waals surface area contributed by atoms with Crippen molar-refractivity contribution in [3.63, 3.8) is 0 Å². The van der Waals surface area contributed by atoms with E-state index in [9.17, 15) is 9.18 Å². The first-order valence-electron chi connectivity index (χ1n) is 8.15. The van der Waals surface area contributed by atoms with Crippen molar-refractivity contribution in [1.82, 2.24) is 10.2 Å². The average Bonchev–Trinajstić information content (AvgIpc) is 3.17. The van der Waals surface area contributed by atoms with Crippen molar-refractivity contribution in [2.24, 2.45) is 0 Å². The highest BCUT2D eigenvalue weighted by molar-refractivity contribution is 5.91. The van der Waals surface area contributed by atoms with Gasteiger partial charge in [0.2, 0.25) is 0 Å². The topological polar surface area (TPSA) is 72.1 Å². The van der Waals surface area contributed by atoms with Crippen LogP contribution in [-0.4, -0.2) is 32.3 Å². The second-order valence-corrected chi connectivity index (χ2v) is 5.69. The normalized spacial score (nSPS) is 15.3. The number of carbonyl (C=O) groups is 1. The van der Waals surface area contributed by atoms with E-state index < -0.39 is 12.0 Å². The molecule has 0 saturated carbocycles. The van der Waals surface area contributed by atoms with Crippen LogP contribution >= 0.6 is 0 Å². The van der Waals surface area contributed by atoms with Gasteiger partial charge >= 0.3 is 6.03 Å². The Balaban J connectivity index is 1.77. The Kier molecular flexibility index (Phi) is 5.35.